The predicted molar refractivity (Wildman–Crippen MR) is 74.3 cm³/mol. The zero-order valence-electron chi connectivity index (χ0n) is 9.46. The average molecular weight is 284 g/mol. The lowest BCUT2D eigenvalue weighted by Gasteiger charge is -2.14. The molecule has 1 aliphatic rings. The molecule has 0 saturated heterocycles. The SMILES string of the molecule is O=c1[nH]c2cc(Cl)c(Cl)cc2n1C1=CCNCC1. The highest BCUT2D eigenvalue weighted by Crippen LogP contribution is 2.28. The summed E-state index contributed by atoms with van der Waals surface area (Å²) in [6.07, 6.45) is 2.83. The molecular formula is C12H11Cl2N3O. The third-order valence-electron chi connectivity index (χ3n) is 3.05. The highest BCUT2D eigenvalue weighted by Gasteiger charge is 2.14. The number of hydrogen-bond acceptors (Lipinski definition) is 2. The molecule has 1 aromatic carbocycles. The number of hydrogen-bond donors (Lipinski definition) is 2. The van der Waals surface area contributed by atoms with Gasteiger partial charge < -0.3 is 10.3 Å². The van der Waals surface area contributed by atoms with Crippen molar-refractivity contribution in [3.05, 3.63) is 38.7 Å². The van der Waals surface area contributed by atoms with Gasteiger partial charge in [-0.3, -0.25) is 4.57 Å². The Balaban J connectivity index is 2.28. The summed E-state index contributed by atoms with van der Waals surface area (Å²) in [6, 6.07) is 3.40. The van der Waals surface area contributed by atoms with Crippen molar-refractivity contribution in [2.45, 2.75) is 6.42 Å². The van der Waals surface area contributed by atoms with E-state index in [1.54, 1.807) is 16.7 Å². The molecule has 0 aliphatic carbocycles. The van der Waals surface area contributed by atoms with Gasteiger partial charge >= 0.3 is 5.69 Å². The maximum atomic E-state index is 12.0. The number of nitrogens with one attached hydrogen (secondary N) is 2. The van der Waals surface area contributed by atoms with Gasteiger partial charge in [0.2, 0.25) is 0 Å². The molecule has 18 heavy (non-hydrogen) atoms. The van der Waals surface area contributed by atoms with Crippen molar-refractivity contribution in [1.82, 2.24) is 14.9 Å². The van der Waals surface area contributed by atoms with Gasteiger partial charge in [-0.05, 0) is 12.1 Å². The molecule has 0 bridgehead atoms. The molecule has 2 heterocycles. The number of rotatable bonds is 1. The second kappa shape index (κ2) is 4.46. The molecule has 0 spiro atoms. The average Bonchev–Trinajstić information content (AvgIpc) is 2.66. The van der Waals surface area contributed by atoms with Crippen molar-refractivity contribution in [1.29, 1.82) is 0 Å². The van der Waals surface area contributed by atoms with E-state index in [1.807, 2.05) is 6.08 Å². The number of benzene rings is 1. The summed E-state index contributed by atoms with van der Waals surface area (Å²) in [5, 5.41) is 4.11. The Morgan fingerprint density at radius 3 is 2.72 bits per heavy atom. The standard InChI is InChI=1S/C12H11Cl2N3O/c13-8-5-10-11(6-9(8)14)17(12(18)16-10)7-1-3-15-4-2-7/h1,5-6,15H,2-4H2,(H,16,18). The monoisotopic (exact) mass is 283 g/mol. The van der Waals surface area contributed by atoms with Crippen molar-refractivity contribution in [3.63, 3.8) is 0 Å². The molecule has 6 heteroatoms. The Hall–Kier alpha value is -1.23. The van der Waals surface area contributed by atoms with Crippen LogP contribution in [0.2, 0.25) is 10.0 Å². The number of nitrogens with zero attached hydrogens (tertiary/aromatic N) is 1. The fraction of sp³-hybridized carbons (Fsp3) is 0.250. The molecule has 0 fully saturated rings. The summed E-state index contributed by atoms with van der Waals surface area (Å²) in [4.78, 5) is 14.8. The van der Waals surface area contributed by atoms with E-state index in [0.29, 0.717) is 15.6 Å². The first-order valence-corrected chi connectivity index (χ1v) is 6.42. The third-order valence-corrected chi connectivity index (χ3v) is 3.77. The Bertz CT molecular complexity index is 699. The number of halogens is 2. The van der Waals surface area contributed by atoms with E-state index >= 15 is 0 Å². The fourth-order valence-electron chi connectivity index (χ4n) is 2.20. The Labute approximate surface area is 113 Å². The third kappa shape index (κ3) is 1.86. The van der Waals surface area contributed by atoms with Crippen molar-refractivity contribution < 1.29 is 0 Å². The van der Waals surface area contributed by atoms with Gasteiger partial charge in [-0.25, -0.2) is 4.79 Å². The first kappa shape index (κ1) is 11.8. The van der Waals surface area contributed by atoms with Crippen molar-refractivity contribution in [2.75, 3.05) is 13.1 Å². The smallest absolute Gasteiger partial charge is 0.313 e. The highest BCUT2D eigenvalue weighted by molar-refractivity contribution is 6.42. The Kier molecular flexibility index (Phi) is 2.93. The van der Waals surface area contributed by atoms with Crippen LogP contribution in [0.3, 0.4) is 0 Å². The minimum atomic E-state index is -0.156. The van der Waals surface area contributed by atoms with E-state index in [1.165, 1.54) is 0 Å². The predicted octanol–water partition coefficient (Wildman–Crippen LogP) is 2.47. The molecule has 0 unspecified atom stereocenters. The maximum absolute atomic E-state index is 12.0. The van der Waals surface area contributed by atoms with Crippen LogP contribution in [0, 0.1) is 0 Å². The minimum absolute atomic E-state index is 0.156. The molecule has 4 nitrogen and oxygen atoms in total. The van der Waals surface area contributed by atoms with Crippen LogP contribution >= 0.6 is 23.2 Å². The summed E-state index contributed by atoms with van der Waals surface area (Å²) in [7, 11) is 0. The largest absolute Gasteiger partial charge is 0.330 e. The summed E-state index contributed by atoms with van der Waals surface area (Å²) in [5.74, 6) is 0. The minimum Gasteiger partial charge on any atom is -0.313 e. The highest BCUT2D eigenvalue weighted by atomic mass is 35.5. The molecule has 2 N–H and O–H groups in total. The molecule has 94 valence electrons. The van der Waals surface area contributed by atoms with Gasteiger partial charge in [0.1, 0.15) is 0 Å². The number of aromatic amines is 1. The Morgan fingerprint density at radius 1 is 1.22 bits per heavy atom. The molecule has 1 aromatic heterocycles. The van der Waals surface area contributed by atoms with Crippen LogP contribution in [0.5, 0.6) is 0 Å². The van der Waals surface area contributed by atoms with Gasteiger partial charge in [0.25, 0.3) is 0 Å². The lowest BCUT2D eigenvalue weighted by Crippen LogP contribution is -2.25. The second-order valence-electron chi connectivity index (χ2n) is 4.20. The molecule has 0 saturated carbocycles. The zero-order valence-corrected chi connectivity index (χ0v) is 11.0. The molecule has 2 aromatic rings. The van der Waals surface area contributed by atoms with Crippen LogP contribution in [0.25, 0.3) is 16.7 Å². The fourth-order valence-corrected chi connectivity index (χ4v) is 2.52. The van der Waals surface area contributed by atoms with Crippen molar-refractivity contribution in [3.8, 4) is 0 Å². The molecule has 0 radical (unpaired) electrons. The van der Waals surface area contributed by atoms with Crippen molar-refractivity contribution >= 4 is 39.9 Å². The lowest BCUT2D eigenvalue weighted by atomic mass is 10.2. The molecule has 0 atom stereocenters. The summed E-state index contributed by atoms with van der Waals surface area (Å²) in [6.45, 7) is 1.64. The second-order valence-corrected chi connectivity index (χ2v) is 5.01. The van der Waals surface area contributed by atoms with Crippen LogP contribution in [0.4, 0.5) is 0 Å². The van der Waals surface area contributed by atoms with Gasteiger partial charge in [0.05, 0.1) is 21.1 Å². The van der Waals surface area contributed by atoms with Crippen LogP contribution in [0.1, 0.15) is 6.42 Å². The van der Waals surface area contributed by atoms with E-state index in [2.05, 4.69) is 10.3 Å². The maximum Gasteiger partial charge on any atom is 0.330 e. The topological polar surface area (TPSA) is 49.8 Å². The van der Waals surface area contributed by atoms with Crippen LogP contribution in [-0.4, -0.2) is 22.6 Å². The summed E-state index contributed by atoms with van der Waals surface area (Å²) < 4.78 is 1.67. The van der Waals surface area contributed by atoms with Crippen molar-refractivity contribution in [2.24, 2.45) is 0 Å². The van der Waals surface area contributed by atoms with Gasteiger partial charge in [-0.2, -0.15) is 0 Å². The summed E-state index contributed by atoms with van der Waals surface area (Å²) in [5.41, 5.74) is 2.30. The number of imidazole rings is 1. The Morgan fingerprint density at radius 2 is 2.00 bits per heavy atom. The first-order chi connectivity index (χ1) is 8.66. The molecule has 3 rings (SSSR count). The summed E-state index contributed by atoms with van der Waals surface area (Å²) >= 11 is 12.0. The van der Waals surface area contributed by atoms with E-state index < -0.39 is 0 Å². The molecular weight excluding hydrogens is 273 g/mol. The normalized spacial score (nSPS) is 16.0. The van der Waals surface area contributed by atoms with E-state index in [-0.39, 0.29) is 5.69 Å². The number of aromatic nitrogens is 2. The molecule has 1 aliphatic heterocycles. The van der Waals surface area contributed by atoms with Gasteiger partial charge in [0, 0.05) is 25.2 Å². The van der Waals surface area contributed by atoms with Gasteiger partial charge in [-0.15, -0.1) is 0 Å². The zero-order chi connectivity index (χ0) is 12.7. The van der Waals surface area contributed by atoms with Crippen LogP contribution in [-0.2, 0) is 0 Å². The lowest BCUT2D eigenvalue weighted by molar-refractivity contribution is 0.716. The number of H-pyrrole nitrogens is 1. The molecule has 0 amide bonds. The van der Waals surface area contributed by atoms with Gasteiger partial charge in [-0.1, -0.05) is 29.3 Å². The van der Waals surface area contributed by atoms with Crippen LogP contribution in [0.15, 0.2) is 23.0 Å². The van der Waals surface area contributed by atoms with E-state index in [4.69, 9.17) is 23.2 Å². The van der Waals surface area contributed by atoms with Crippen LogP contribution < -0.4 is 11.0 Å². The van der Waals surface area contributed by atoms with Gasteiger partial charge in [0.15, 0.2) is 0 Å². The van der Waals surface area contributed by atoms with E-state index in [0.717, 1.165) is 30.7 Å². The first-order valence-electron chi connectivity index (χ1n) is 5.67. The van der Waals surface area contributed by atoms with E-state index in [9.17, 15) is 4.79 Å². The quantitative estimate of drug-likeness (QED) is 0.845. The number of fused-ring (bicyclic) bond motifs is 1.